The fraction of sp³-hybridized carbons (Fsp3) is 0.174. The Bertz CT molecular complexity index is 1330. The highest BCUT2D eigenvalue weighted by Gasteiger charge is 2.15. The standard InChI is InChI=1S/C23H20ClN3O3S2/c1-14-17(24)4-3-5-18(14)25-20(28)13-32-23-26-19-10-11-31-21(19)22(29)27(23)12-15-6-8-16(30-2)9-7-15/h3-11H,12-13H2,1-2H3,(H,25,28). The lowest BCUT2D eigenvalue weighted by molar-refractivity contribution is -0.113. The van der Waals surface area contributed by atoms with Gasteiger partial charge < -0.3 is 10.1 Å². The molecule has 0 saturated carbocycles. The number of ether oxygens (including phenoxy) is 1. The Morgan fingerprint density at radius 1 is 1.22 bits per heavy atom. The summed E-state index contributed by atoms with van der Waals surface area (Å²) in [5.41, 5.74) is 2.93. The van der Waals surface area contributed by atoms with Crippen molar-refractivity contribution in [3.63, 3.8) is 0 Å². The number of methoxy groups -OCH3 is 1. The number of carbonyl (C=O) groups is 1. The highest BCUT2D eigenvalue weighted by Crippen LogP contribution is 2.25. The number of aromatic nitrogens is 2. The summed E-state index contributed by atoms with van der Waals surface area (Å²) in [6.45, 7) is 2.20. The van der Waals surface area contributed by atoms with Gasteiger partial charge in [-0.3, -0.25) is 14.2 Å². The van der Waals surface area contributed by atoms with Crippen molar-refractivity contribution in [3.05, 3.63) is 80.4 Å². The van der Waals surface area contributed by atoms with E-state index in [-0.39, 0.29) is 17.2 Å². The normalized spacial score (nSPS) is 11.0. The molecule has 0 aliphatic carbocycles. The van der Waals surface area contributed by atoms with E-state index < -0.39 is 0 Å². The highest BCUT2D eigenvalue weighted by molar-refractivity contribution is 7.99. The number of rotatable bonds is 7. The zero-order valence-electron chi connectivity index (χ0n) is 17.4. The molecule has 4 aromatic rings. The van der Waals surface area contributed by atoms with Crippen LogP contribution in [0.3, 0.4) is 0 Å². The van der Waals surface area contributed by atoms with E-state index >= 15 is 0 Å². The molecule has 0 unspecified atom stereocenters. The van der Waals surface area contributed by atoms with E-state index in [0.717, 1.165) is 16.9 Å². The minimum absolute atomic E-state index is 0.108. The number of fused-ring (bicyclic) bond motifs is 1. The van der Waals surface area contributed by atoms with Gasteiger partial charge in [0.15, 0.2) is 5.16 Å². The smallest absolute Gasteiger partial charge is 0.272 e. The lowest BCUT2D eigenvalue weighted by Gasteiger charge is -2.13. The molecule has 0 atom stereocenters. The number of hydrogen-bond donors (Lipinski definition) is 1. The topological polar surface area (TPSA) is 73.2 Å². The highest BCUT2D eigenvalue weighted by atomic mass is 35.5. The van der Waals surface area contributed by atoms with Gasteiger partial charge in [0.25, 0.3) is 5.56 Å². The first-order chi connectivity index (χ1) is 15.5. The van der Waals surface area contributed by atoms with Gasteiger partial charge in [-0.2, -0.15) is 0 Å². The third kappa shape index (κ3) is 4.82. The van der Waals surface area contributed by atoms with Gasteiger partial charge in [-0.05, 0) is 53.8 Å². The van der Waals surface area contributed by atoms with Crippen LogP contribution in [0.1, 0.15) is 11.1 Å². The lowest BCUT2D eigenvalue weighted by Crippen LogP contribution is -2.24. The van der Waals surface area contributed by atoms with Crippen molar-refractivity contribution in [1.82, 2.24) is 9.55 Å². The van der Waals surface area contributed by atoms with E-state index in [2.05, 4.69) is 10.3 Å². The summed E-state index contributed by atoms with van der Waals surface area (Å²) < 4.78 is 7.42. The average Bonchev–Trinajstić information content (AvgIpc) is 3.27. The monoisotopic (exact) mass is 485 g/mol. The molecule has 0 aliphatic rings. The Labute approximate surface area is 198 Å². The number of halogens is 1. The molecule has 2 aromatic heterocycles. The van der Waals surface area contributed by atoms with Gasteiger partial charge in [0.2, 0.25) is 5.91 Å². The molecule has 0 radical (unpaired) electrons. The molecule has 1 N–H and O–H groups in total. The maximum Gasteiger partial charge on any atom is 0.272 e. The maximum atomic E-state index is 13.1. The van der Waals surface area contributed by atoms with Crippen molar-refractivity contribution >= 4 is 56.5 Å². The predicted molar refractivity (Wildman–Crippen MR) is 132 cm³/mol. The Hall–Kier alpha value is -2.81. The van der Waals surface area contributed by atoms with Crippen LogP contribution in [-0.2, 0) is 11.3 Å². The number of amides is 1. The average molecular weight is 486 g/mol. The van der Waals surface area contributed by atoms with Gasteiger partial charge in [-0.15, -0.1) is 11.3 Å². The minimum Gasteiger partial charge on any atom is -0.497 e. The molecule has 2 heterocycles. The molecule has 0 bridgehead atoms. The van der Waals surface area contributed by atoms with Crippen molar-refractivity contribution in [1.29, 1.82) is 0 Å². The van der Waals surface area contributed by atoms with E-state index in [0.29, 0.717) is 32.6 Å². The first-order valence-corrected chi connectivity index (χ1v) is 12.0. The second-order valence-electron chi connectivity index (χ2n) is 7.02. The zero-order chi connectivity index (χ0) is 22.7. The number of nitrogens with one attached hydrogen (secondary N) is 1. The first-order valence-electron chi connectivity index (χ1n) is 9.75. The van der Waals surface area contributed by atoms with Crippen LogP contribution in [0.4, 0.5) is 5.69 Å². The molecule has 9 heteroatoms. The van der Waals surface area contributed by atoms with Gasteiger partial charge in [-0.1, -0.05) is 41.6 Å². The Balaban J connectivity index is 1.58. The Morgan fingerprint density at radius 2 is 2.00 bits per heavy atom. The largest absolute Gasteiger partial charge is 0.497 e. The second-order valence-corrected chi connectivity index (χ2v) is 9.28. The molecule has 0 spiro atoms. The minimum atomic E-state index is -0.198. The van der Waals surface area contributed by atoms with E-state index in [4.69, 9.17) is 16.3 Å². The van der Waals surface area contributed by atoms with E-state index in [1.165, 1.54) is 23.1 Å². The van der Waals surface area contributed by atoms with Gasteiger partial charge >= 0.3 is 0 Å². The van der Waals surface area contributed by atoms with Crippen LogP contribution >= 0.6 is 34.7 Å². The molecule has 32 heavy (non-hydrogen) atoms. The third-order valence-corrected chi connectivity index (χ3v) is 7.18. The molecule has 1 amide bonds. The molecular formula is C23H20ClN3O3S2. The number of benzene rings is 2. The van der Waals surface area contributed by atoms with Crippen LogP contribution in [0, 0.1) is 6.92 Å². The summed E-state index contributed by atoms with van der Waals surface area (Å²) in [7, 11) is 1.61. The van der Waals surface area contributed by atoms with Crippen LogP contribution < -0.4 is 15.6 Å². The van der Waals surface area contributed by atoms with Crippen molar-refractivity contribution in [2.45, 2.75) is 18.6 Å². The number of thioether (sulfide) groups is 1. The number of hydrogen-bond acceptors (Lipinski definition) is 6. The summed E-state index contributed by atoms with van der Waals surface area (Å²) in [6, 6.07) is 14.7. The molecule has 0 aliphatic heterocycles. The summed E-state index contributed by atoms with van der Waals surface area (Å²) in [5, 5.41) is 5.81. The van der Waals surface area contributed by atoms with E-state index in [9.17, 15) is 9.59 Å². The third-order valence-electron chi connectivity index (χ3n) is 4.90. The fourth-order valence-corrected chi connectivity index (χ4v) is 4.90. The van der Waals surface area contributed by atoms with Crippen LogP contribution in [0.2, 0.25) is 5.02 Å². The molecule has 4 rings (SSSR count). The van der Waals surface area contributed by atoms with Gasteiger partial charge in [0.05, 0.1) is 24.9 Å². The van der Waals surface area contributed by atoms with E-state index in [1.54, 1.807) is 29.9 Å². The molecular weight excluding hydrogens is 466 g/mol. The van der Waals surface area contributed by atoms with Crippen LogP contribution in [0.5, 0.6) is 5.75 Å². The molecule has 164 valence electrons. The Kier molecular flexibility index (Phi) is 6.83. The SMILES string of the molecule is COc1ccc(Cn2c(SCC(=O)Nc3cccc(Cl)c3C)nc3ccsc3c2=O)cc1. The Morgan fingerprint density at radius 3 is 2.75 bits per heavy atom. The van der Waals surface area contributed by atoms with Crippen LogP contribution in [-0.4, -0.2) is 28.3 Å². The number of carbonyl (C=O) groups excluding carboxylic acids is 1. The number of anilines is 1. The summed E-state index contributed by atoms with van der Waals surface area (Å²) in [4.78, 5) is 30.4. The lowest BCUT2D eigenvalue weighted by atomic mass is 10.2. The van der Waals surface area contributed by atoms with Crippen molar-refractivity contribution < 1.29 is 9.53 Å². The van der Waals surface area contributed by atoms with Gasteiger partial charge in [0, 0.05) is 10.7 Å². The van der Waals surface area contributed by atoms with Crippen molar-refractivity contribution in [3.8, 4) is 5.75 Å². The number of nitrogens with zero attached hydrogens (tertiary/aromatic N) is 2. The summed E-state index contributed by atoms with van der Waals surface area (Å²) >= 11 is 8.73. The van der Waals surface area contributed by atoms with Crippen LogP contribution in [0.25, 0.3) is 10.2 Å². The zero-order valence-corrected chi connectivity index (χ0v) is 19.8. The van der Waals surface area contributed by atoms with E-state index in [1.807, 2.05) is 42.6 Å². The van der Waals surface area contributed by atoms with Gasteiger partial charge in [-0.25, -0.2) is 4.98 Å². The van der Waals surface area contributed by atoms with Crippen LogP contribution in [0.15, 0.2) is 63.9 Å². The molecule has 6 nitrogen and oxygen atoms in total. The maximum absolute atomic E-state index is 13.1. The fourth-order valence-electron chi connectivity index (χ4n) is 3.15. The quantitative estimate of drug-likeness (QED) is 0.287. The summed E-state index contributed by atoms with van der Waals surface area (Å²) in [5.74, 6) is 0.656. The molecule has 2 aromatic carbocycles. The van der Waals surface area contributed by atoms with Crippen molar-refractivity contribution in [2.24, 2.45) is 0 Å². The molecule has 0 fully saturated rings. The first kappa shape index (κ1) is 22.4. The predicted octanol–water partition coefficient (Wildman–Crippen LogP) is 5.21. The summed E-state index contributed by atoms with van der Waals surface area (Å²) in [6.07, 6.45) is 0. The molecule has 0 saturated heterocycles. The van der Waals surface area contributed by atoms with Crippen molar-refractivity contribution in [2.75, 3.05) is 18.2 Å². The number of thiophene rings is 1. The second kappa shape index (κ2) is 9.77. The van der Waals surface area contributed by atoms with Gasteiger partial charge in [0.1, 0.15) is 10.4 Å².